The highest BCUT2D eigenvalue weighted by atomic mass is 28.3. The minimum Gasteiger partial charge on any atom is -0.458 e. The van der Waals surface area contributed by atoms with E-state index in [1.165, 1.54) is 0 Å². The number of alkyl carbamates (subject to hydrolysis) is 1. The first-order chi connectivity index (χ1) is 20.2. The molecular weight excluding hydrogens is 566 g/mol. The molecule has 2 aliphatic heterocycles. The fraction of sp³-hybridized carbons (Fsp3) is 0.469. The molecule has 1 aromatic carbocycles. The molecule has 3 aromatic rings. The fourth-order valence-electron chi connectivity index (χ4n) is 5.71. The fourth-order valence-corrected chi connectivity index (χ4v) is 7.57. The summed E-state index contributed by atoms with van der Waals surface area (Å²) in [6.45, 7) is 13.4. The number of para-hydroxylation sites is 1. The van der Waals surface area contributed by atoms with Gasteiger partial charge in [-0.15, -0.1) is 0 Å². The molecule has 1 amide bonds. The van der Waals surface area contributed by atoms with Gasteiger partial charge in [-0.2, -0.15) is 0 Å². The van der Waals surface area contributed by atoms with Crippen molar-refractivity contribution in [2.75, 3.05) is 6.54 Å². The Kier molecular flexibility index (Phi) is 7.74. The van der Waals surface area contributed by atoms with Crippen molar-refractivity contribution in [1.29, 1.82) is 0 Å². The van der Waals surface area contributed by atoms with Crippen LogP contribution in [0.25, 0.3) is 22.3 Å². The number of esters is 2. The molecule has 0 radical (unpaired) electrons. The molecule has 0 saturated carbocycles. The monoisotopic (exact) mass is 605 g/mol. The molecule has 0 spiro atoms. The van der Waals surface area contributed by atoms with Gasteiger partial charge in [-0.1, -0.05) is 51.2 Å². The average molecular weight is 606 g/mol. The lowest BCUT2D eigenvalue weighted by Crippen LogP contribution is -2.53. The van der Waals surface area contributed by atoms with Gasteiger partial charge in [0, 0.05) is 23.1 Å². The summed E-state index contributed by atoms with van der Waals surface area (Å²) in [6, 6.07) is 12.4. The van der Waals surface area contributed by atoms with Gasteiger partial charge in [0.05, 0.1) is 35.4 Å². The maximum Gasteiger partial charge on any atom is 0.407 e. The minimum atomic E-state index is -2.30. The van der Waals surface area contributed by atoms with Crippen molar-refractivity contribution in [2.24, 2.45) is 0 Å². The van der Waals surface area contributed by atoms with Gasteiger partial charge in [-0.05, 0) is 45.4 Å². The van der Waals surface area contributed by atoms with Crippen molar-refractivity contribution >= 4 is 37.0 Å². The number of fused-ring (bicyclic) bond motifs is 5. The predicted molar refractivity (Wildman–Crippen MR) is 164 cm³/mol. The Morgan fingerprint density at radius 2 is 1.88 bits per heavy atom. The summed E-state index contributed by atoms with van der Waals surface area (Å²) in [4.78, 5) is 58.4. The van der Waals surface area contributed by atoms with Crippen LogP contribution in [0.2, 0.25) is 19.1 Å². The SMILES string of the molecule is CCC1(OC(=O)CCNC(=O)OC(C)(C)C)C(=O)OC([Si](C)(C)CC)c2c1cc1n(c2=O)Cc2cc3ccccc3nc2-1. The second-order valence-electron chi connectivity index (χ2n) is 12.9. The van der Waals surface area contributed by atoms with Gasteiger partial charge in [-0.3, -0.25) is 9.59 Å². The largest absolute Gasteiger partial charge is 0.458 e. The number of cyclic esters (lactones) is 1. The summed E-state index contributed by atoms with van der Waals surface area (Å²) >= 11 is 0. The molecule has 0 fully saturated rings. The van der Waals surface area contributed by atoms with Gasteiger partial charge in [0.2, 0.25) is 5.60 Å². The number of rotatable bonds is 7. The van der Waals surface area contributed by atoms with Crippen LogP contribution >= 0.6 is 0 Å². The number of nitrogens with one attached hydrogen (secondary N) is 1. The standard InChI is InChI=1S/C32H39N3O7Si/c1-8-32(41-24(36)14-15-33-30(39)42-31(3,4)5)21-17-23-26-20(16-19-12-10-11-13-22(19)34-26)18-35(23)27(37)25(21)28(40-29(32)38)43(6,7)9-2/h10-13,16-17,28H,8-9,14-15,18H2,1-7H3,(H,33,39). The predicted octanol–water partition coefficient (Wildman–Crippen LogP) is 5.35. The van der Waals surface area contributed by atoms with Crippen molar-refractivity contribution < 1.29 is 28.6 Å². The van der Waals surface area contributed by atoms with Gasteiger partial charge in [-0.25, -0.2) is 14.6 Å². The second-order valence-corrected chi connectivity index (χ2v) is 18.1. The summed E-state index contributed by atoms with van der Waals surface area (Å²) in [5.74, 6) is -1.40. The van der Waals surface area contributed by atoms with Crippen LogP contribution in [0.3, 0.4) is 0 Å². The Morgan fingerprint density at radius 1 is 1.16 bits per heavy atom. The van der Waals surface area contributed by atoms with Crippen LogP contribution in [0, 0.1) is 0 Å². The lowest BCUT2D eigenvalue weighted by molar-refractivity contribution is -0.190. The molecule has 0 aliphatic carbocycles. The Balaban J connectivity index is 1.58. The lowest BCUT2D eigenvalue weighted by atomic mass is 9.85. The molecule has 2 aliphatic rings. The van der Waals surface area contributed by atoms with Crippen LogP contribution in [0.5, 0.6) is 0 Å². The second kappa shape index (κ2) is 10.9. The molecule has 5 rings (SSSR count). The number of aromatic nitrogens is 2. The summed E-state index contributed by atoms with van der Waals surface area (Å²) in [5, 5.41) is 3.51. The minimum absolute atomic E-state index is 0.0505. The smallest absolute Gasteiger partial charge is 0.407 e. The number of ether oxygens (including phenoxy) is 3. The van der Waals surface area contributed by atoms with Gasteiger partial charge in [0.1, 0.15) is 19.4 Å². The maximum atomic E-state index is 14.4. The molecule has 228 valence electrons. The lowest BCUT2D eigenvalue weighted by Gasteiger charge is -2.43. The van der Waals surface area contributed by atoms with E-state index in [1.807, 2.05) is 37.3 Å². The first kappa shape index (κ1) is 30.5. The van der Waals surface area contributed by atoms with Crippen molar-refractivity contribution in [3.8, 4) is 11.4 Å². The van der Waals surface area contributed by atoms with Gasteiger partial charge in [0.25, 0.3) is 5.56 Å². The highest BCUT2D eigenvalue weighted by Gasteiger charge is 2.55. The summed E-state index contributed by atoms with van der Waals surface area (Å²) < 4.78 is 19.0. The molecule has 2 unspecified atom stereocenters. The van der Waals surface area contributed by atoms with Crippen molar-refractivity contribution in [3.63, 3.8) is 0 Å². The third-order valence-electron chi connectivity index (χ3n) is 8.37. The molecule has 0 saturated heterocycles. The van der Waals surface area contributed by atoms with Crippen LogP contribution in [0.15, 0.2) is 41.2 Å². The summed E-state index contributed by atoms with van der Waals surface area (Å²) in [5.41, 5.74) is 0.207. The molecule has 43 heavy (non-hydrogen) atoms. The Bertz CT molecular complexity index is 1690. The Labute approximate surface area is 251 Å². The van der Waals surface area contributed by atoms with Crippen molar-refractivity contribution in [2.45, 2.75) is 90.1 Å². The van der Waals surface area contributed by atoms with Crippen LogP contribution in [0.1, 0.15) is 69.9 Å². The van der Waals surface area contributed by atoms with Gasteiger partial charge >= 0.3 is 18.0 Å². The van der Waals surface area contributed by atoms with E-state index in [-0.39, 0.29) is 24.9 Å². The average Bonchev–Trinajstić information content (AvgIpc) is 3.30. The van der Waals surface area contributed by atoms with Crippen LogP contribution in [-0.2, 0) is 35.9 Å². The zero-order valence-electron chi connectivity index (χ0n) is 25.8. The number of nitrogens with zero attached hydrogens (tertiary/aromatic N) is 2. The first-order valence-electron chi connectivity index (χ1n) is 14.8. The zero-order valence-corrected chi connectivity index (χ0v) is 26.8. The number of carbonyl (C=O) groups is 3. The van der Waals surface area contributed by atoms with E-state index in [2.05, 4.69) is 18.4 Å². The molecule has 10 nitrogen and oxygen atoms in total. The topological polar surface area (TPSA) is 126 Å². The van der Waals surface area contributed by atoms with Crippen molar-refractivity contribution in [3.05, 3.63) is 63.4 Å². The highest BCUT2D eigenvalue weighted by molar-refractivity contribution is 6.78. The molecule has 2 aromatic heterocycles. The van der Waals surface area contributed by atoms with Crippen LogP contribution in [0.4, 0.5) is 4.79 Å². The quantitative estimate of drug-likeness (QED) is 0.170. The molecule has 1 N–H and O–H groups in total. The zero-order chi connectivity index (χ0) is 31.3. The van der Waals surface area contributed by atoms with Crippen LogP contribution < -0.4 is 10.9 Å². The molecular formula is C32H39N3O7Si. The Hall–Kier alpha value is -3.99. The molecule has 11 heteroatoms. The molecule has 4 heterocycles. The third kappa shape index (κ3) is 5.46. The van der Waals surface area contributed by atoms with Crippen LogP contribution in [-0.4, -0.2) is 47.8 Å². The number of pyridine rings is 2. The van der Waals surface area contributed by atoms with E-state index in [9.17, 15) is 19.2 Å². The van der Waals surface area contributed by atoms with E-state index in [0.29, 0.717) is 29.1 Å². The van der Waals surface area contributed by atoms with E-state index in [4.69, 9.17) is 19.2 Å². The van der Waals surface area contributed by atoms with E-state index < -0.39 is 43.0 Å². The summed E-state index contributed by atoms with van der Waals surface area (Å²) in [7, 11) is -2.30. The van der Waals surface area contributed by atoms with Crippen molar-refractivity contribution in [1.82, 2.24) is 14.9 Å². The molecule has 2 atom stereocenters. The number of carbonyl (C=O) groups excluding carboxylic acids is 3. The Morgan fingerprint density at radius 3 is 2.56 bits per heavy atom. The number of hydrogen-bond acceptors (Lipinski definition) is 8. The normalized spacial score (nSPS) is 19.2. The number of amides is 1. The van der Waals surface area contributed by atoms with E-state index in [1.54, 1.807) is 38.3 Å². The van der Waals surface area contributed by atoms with Gasteiger partial charge < -0.3 is 24.1 Å². The maximum absolute atomic E-state index is 14.4. The summed E-state index contributed by atoms with van der Waals surface area (Å²) in [6.07, 6.45) is -0.807. The highest BCUT2D eigenvalue weighted by Crippen LogP contribution is 2.47. The van der Waals surface area contributed by atoms with E-state index >= 15 is 0 Å². The third-order valence-corrected chi connectivity index (χ3v) is 12.0. The van der Waals surface area contributed by atoms with Gasteiger partial charge in [0.15, 0.2) is 0 Å². The molecule has 0 bridgehead atoms. The number of hydrogen-bond donors (Lipinski definition) is 1. The number of benzene rings is 1. The van der Waals surface area contributed by atoms with E-state index in [0.717, 1.165) is 22.5 Å². The first-order valence-corrected chi connectivity index (χ1v) is 18.1.